The molecular weight excluding hydrogens is 637 g/mol. The minimum Gasteiger partial charge on any atom is -0.741 e. The number of aryl methyl sites for hydroxylation is 1. The molecule has 1 aromatic heterocycles. The molecule has 0 N–H and O–H groups in total. The summed E-state index contributed by atoms with van der Waals surface area (Å²) in [6.07, 6.45) is -10.9. The minimum atomic E-state index is -6.20. The van der Waals surface area contributed by atoms with Gasteiger partial charge in [0.1, 0.15) is 7.05 Å². The topological polar surface area (TPSA) is 124 Å². The van der Waals surface area contributed by atoms with E-state index in [1.54, 1.807) is 7.05 Å². The normalized spacial score (nSPS) is 13.7. The van der Waals surface area contributed by atoms with E-state index in [1.807, 2.05) is 0 Å². The summed E-state index contributed by atoms with van der Waals surface area (Å²) in [5.41, 5.74) is -5.89. The van der Waals surface area contributed by atoms with Crippen molar-refractivity contribution in [2.24, 2.45) is 7.05 Å². The molecule has 1 atom stereocenters. The maximum Gasteiger partial charge on any atom is 0.485 e. The smallest absolute Gasteiger partial charge is 0.485 e. The van der Waals surface area contributed by atoms with Crippen molar-refractivity contribution < 1.29 is 85.5 Å². The van der Waals surface area contributed by atoms with Gasteiger partial charge >= 0.3 is 29.9 Å². The molecule has 1 unspecified atom stereocenters. The number of halogens is 9. The van der Waals surface area contributed by atoms with Crippen LogP contribution in [0.2, 0.25) is 0 Å². The number of carbonyl (C=O) groups excluding carboxylic acids is 1. The first kappa shape index (κ1) is 35.3. The second-order valence-electron chi connectivity index (χ2n) is 8.12. The van der Waals surface area contributed by atoms with Gasteiger partial charge in [0.2, 0.25) is 11.0 Å². The van der Waals surface area contributed by atoms with Crippen LogP contribution in [0.3, 0.4) is 0 Å². The standard InChI is InChI=1S/C22H20F6NO6.CHF3O3S/c1-29-12-8-16(33-4)14(31-2)6-10(12)18(11-7-15(32-3)17(34-5)9-13(11)29)19(30)35-21(25,20(23)24)22(26,27)28;2-1(3,4)8(5,6)7/h6-9,20H,1-5H3;(H,5,6,7)/q+1;/p-1. The molecule has 2 aromatic carbocycles. The fraction of sp³-hybridized carbons (Fsp3) is 0.391. The summed E-state index contributed by atoms with van der Waals surface area (Å²) in [6, 6.07) is 5.27. The molecule has 240 valence electrons. The van der Waals surface area contributed by atoms with E-state index in [0.717, 1.165) is 0 Å². The van der Waals surface area contributed by atoms with Crippen molar-refractivity contribution in [2.45, 2.75) is 24.0 Å². The first-order valence-electron chi connectivity index (χ1n) is 11.0. The predicted molar refractivity (Wildman–Crippen MR) is 126 cm³/mol. The molecule has 0 saturated heterocycles. The number of ether oxygens (including phenoxy) is 5. The number of pyridine rings is 1. The Morgan fingerprint density at radius 1 is 0.767 bits per heavy atom. The first-order valence-corrected chi connectivity index (χ1v) is 12.4. The highest BCUT2D eigenvalue weighted by Crippen LogP contribution is 2.43. The zero-order valence-electron chi connectivity index (χ0n) is 22.3. The van der Waals surface area contributed by atoms with Crippen LogP contribution in [-0.2, 0) is 21.9 Å². The highest BCUT2D eigenvalue weighted by molar-refractivity contribution is 7.86. The largest absolute Gasteiger partial charge is 0.741 e. The predicted octanol–water partition coefficient (Wildman–Crippen LogP) is 4.55. The van der Waals surface area contributed by atoms with E-state index in [0.29, 0.717) is 0 Å². The van der Waals surface area contributed by atoms with Gasteiger partial charge in [0.15, 0.2) is 33.1 Å². The number of carbonyl (C=O) groups is 1. The highest BCUT2D eigenvalue weighted by Gasteiger charge is 2.67. The maximum atomic E-state index is 14.4. The van der Waals surface area contributed by atoms with Crippen LogP contribution in [0.4, 0.5) is 39.5 Å². The number of benzene rings is 2. The third kappa shape index (κ3) is 6.84. The van der Waals surface area contributed by atoms with Gasteiger partial charge in [0.05, 0.1) is 56.9 Å². The van der Waals surface area contributed by atoms with Gasteiger partial charge in [0.25, 0.3) is 0 Å². The van der Waals surface area contributed by atoms with Crippen LogP contribution in [-0.4, -0.2) is 71.3 Å². The average Bonchev–Trinajstić information content (AvgIpc) is 2.90. The number of hydrogen-bond acceptors (Lipinski definition) is 9. The average molecular weight is 657 g/mol. The van der Waals surface area contributed by atoms with E-state index in [1.165, 1.54) is 57.3 Å². The third-order valence-corrected chi connectivity index (χ3v) is 6.23. The molecule has 0 radical (unpaired) electrons. The molecule has 1 heterocycles. The van der Waals surface area contributed by atoms with Crippen molar-refractivity contribution in [1.82, 2.24) is 0 Å². The maximum absolute atomic E-state index is 14.4. The van der Waals surface area contributed by atoms with Crippen molar-refractivity contribution in [3.63, 3.8) is 0 Å². The third-order valence-electron chi connectivity index (χ3n) is 5.66. The van der Waals surface area contributed by atoms with Crippen molar-refractivity contribution in [3.05, 3.63) is 29.8 Å². The summed E-state index contributed by atoms with van der Waals surface area (Å²) in [5, 5.41) is -0.178. The van der Waals surface area contributed by atoms with Crippen LogP contribution in [0.15, 0.2) is 24.3 Å². The number of nitrogens with zero attached hydrogens (tertiary/aromatic N) is 1. The van der Waals surface area contributed by atoms with Gasteiger partial charge in [-0.25, -0.2) is 22.0 Å². The Labute approximate surface area is 236 Å². The fourth-order valence-corrected chi connectivity index (χ4v) is 3.60. The molecule has 0 spiro atoms. The number of hydrogen-bond donors (Lipinski definition) is 0. The zero-order chi connectivity index (χ0) is 33.3. The van der Waals surface area contributed by atoms with E-state index in [2.05, 4.69) is 4.74 Å². The minimum absolute atomic E-state index is 0.0602. The number of aromatic nitrogens is 1. The van der Waals surface area contributed by atoms with Crippen molar-refractivity contribution in [3.8, 4) is 23.0 Å². The lowest BCUT2D eigenvalue weighted by molar-refractivity contribution is -0.617. The lowest BCUT2D eigenvalue weighted by atomic mass is 10.0. The van der Waals surface area contributed by atoms with Gasteiger partial charge < -0.3 is 28.2 Å². The SMILES string of the molecule is COc1cc2c(C(=O)OC(F)(C(F)F)C(F)(F)F)c3cc(OC)c(OC)cc3[n+](C)c2cc1OC.O=S(=O)([O-])C(F)(F)F. The number of esters is 1. The second-order valence-corrected chi connectivity index (χ2v) is 9.49. The zero-order valence-corrected chi connectivity index (χ0v) is 23.1. The second kappa shape index (κ2) is 12.3. The summed E-state index contributed by atoms with van der Waals surface area (Å²) >= 11 is 0. The van der Waals surface area contributed by atoms with Gasteiger partial charge in [-0.2, -0.15) is 35.3 Å². The number of rotatable bonds is 7. The summed E-state index contributed by atoms with van der Waals surface area (Å²) < 4.78 is 165. The molecule has 3 rings (SSSR count). The monoisotopic (exact) mass is 657 g/mol. The Kier molecular flexibility index (Phi) is 10.1. The number of fused-ring (bicyclic) bond motifs is 2. The van der Waals surface area contributed by atoms with Crippen LogP contribution in [0.25, 0.3) is 21.8 Å². The molecule has 0 aliphatic carbocycles. The van der Waals surface area contributed by atoms with E-state index in [-0.39, 0.29) is 44.8 Å². The van der Waals surface area contributed by atoms with Crippen molar-refractivity contribution in [1.29, 1.82) is 0 Å². The summed E-state index contributed by atoms with van der Waals surface area (Å²) in [5.74, 6) is -7.03. The Balaban J connectivity index is 0.000000708. The van der Waals surface area contributed by atoms with Gasteiger partial charge in [0, 0.05) is 0 Å². The summed E-state index contributed by atoms with van der Waals surface area (Å²) in [7, 11) is 0.667. The first-order chi connectivity index (χ1) is 19.6. The van der Waals surface area contributed by atoms with E-state index < -0.39 is 45.6 Å². The summed E-state index contributed by atoms with van der Waals surface area (Å²) in [4.78, 5) is 13.0. The Morgan fingerprint density at radius 2 is 1.09 bits per heavy atom. The fourth-order valence-electron chi connectivity index (χ4n) is 3.60. The quantitative estimate of drug-likeness (QED) is 0.0899. The highest BCUT2D eigenvalue weighted by atomic mass is 32.2. The van der Waals surface area contributed by atoms with Gasteiger partial charge in [-0.05, 0) is 12.1 Å². The Morgan fingerprint density at radius 3 is 1.35 bits per heavy atom. The molecule has 0 aliphatic rings. The molecule has 43 heavy (non-hydrogen) atoms. The van der Waals surface area contributed by atoms with Gasteiger partial charge in [-0.15, -0.1) is 0 Å². The van der Waals surface area contributed by atoms with Gasteiger partial charge in [-0.1, -0.05) is 0 Å². The van der Waals surface area contributed by atoms with Crippen LogP contribution < -0.4 is 23.5 Å². The van der Waals surface area contributed by atoms with Crippen molar-refractivity contribution >= 4 is 37.9 Å². The van der Waals surface area contributed by atoms with Crippen LogP contribution in [0.5, 0.6) is 23.0 Å². The van der Waals surface area contributed by atoms with Crippen molar-refractivity contribution in [2.75, 3.05) is 28.4 Å². The molecule has 3 aromatic rings. The number of alkyl halides is 9. The number of methoxy groups -OCH3 is 4. The van der Waals surface area contributed by atoms with Gasteiger partial charge in [-0.3, -0.25) is 0 Å². The van der Waals surface area contributed by atoms with E-state index >= 15 is 0 Å². The Bertz CT molecular complexity index is 1550. The molecule has 0 amide bonds. The molecule has 0 fully saturated rings. The lowest BCUT2D eigenvalue weighted by Gasteiger charge is -2.26. The molecule has 0 saturated carbocycles. The molecule has 0 bridgehead atoms. The molecule has 10 nitrogen and oxygen atoms in total. The van der Waals surface area contributed by atoms with Crippen LogP contribution >= 0.6 is 0 Å². The van der Waals surface area contributed by atoms with E-state index in [9.17, 15) is 44.3 Å². The summed E-state index contributed by atoms with van der Waals surface area (Å²) in [6.45, 7) is 0. The Hall–Kier alpha value is -3.94. The van der Waals surface area contributed by atoms with E-state index in [4.69, 9.17) is 31.9 Å². The molecule has 0 aliphatic heterocycles. The van der Waals surface area contributed by atoms with Crippen LogP contribution in [0, 0.1) is 0 Å². The van der Waals surface area contributed by atoms with Crippen LogP contribution in [0.1, 0.15) is 10.4 Å². The molecule has 20 heteroatoms. The molecular formula is C23H20F9NO9S. The lowest BCUT2D eigenvalue weighted by Crippen LogP contribution is -2.51.